The van der Waals surface area contributed by atoms with E-state index in [9.17, 15) is 9.59 Å². The van der Waals surface area contributed by atoms with Crippen LogP contribution in [-0.2, 0) is 5.41 Å². The molecule has 0 bridgehead atoms. The first-order valence-electron chi connectivity index (χ1n) is 8.09. The zero-order valence-corrected chi connectivity index (χ0v) is 17.0. The summed E-state index contributed by atoms with van der Waals surface area (Å²) in [7, 11) is -4.49. The molecule has 0 spiro atoms. The first-order chi connectivity index (χ1) is 10.4. The van der Waals surface area contributed by atoms with E-state index in [0.29, 0.717) is 0 Å². The van der Waals surface area contributed by atoms with Gasteiger partial charge in [-0.1, -0.05) is 62.4 Å². The smallest absolute Gasteiger partial charge is 0.213 e. The molecule has 0 radical (unpaired) electrons. The molecular weight excluding hydrogens is 316 g/mol. The molecule has 0 heterocycles. The number of hydrogen-bond acceptors (Lipinski definition) is 2. The molecule has 0 amide bonds. The molecule has 0 aliphatic rings. The van der Waals surface area contributed by atoms with Crippen molar-refractivity contribution in [1.29, 1.82) is 0 Å². The lowest BCUT2D eigenvalue weighted by atomic mass is 9.78. The van der Waals surface area contributed by atoms with E-state index in [2.05, 4.69) is 62.4 Å². The Morgan fingerprint density at radius 2 is 0.870 bits per heavy atom. The summed E-state index contributed by atoms with van der Waals surface area (Å²) in [5.74, 6) is 0. The third-order valence-corrected chi connectivity index (χ3v) is 8.12. The molecule has 0 atom stereocenters. The highest BCUT2D eigenvalue weighted by Crippen LogP contribution is 2.30. The molecular formula is C19H28O2Si2. The van der Waals surface area contributed by atoms with Gasteiger partial charge in [-0.05, 0) is 47.7 Å². The Bertz CT molecular complexity index is 601. The quantitative estimate of drug-likeness (QED) is 0.837. The molecule has 2 aromatic carbocycles. The van der Waals surface area contributed by atoms with E-state index in [1.54, 1.807) is 0 Å². The van der Waals surface area contributed by atoms with Crippen molar-refractivity contribution in [3.63, 3.8) is 0 Å². The Balaban J connectivity index is 2.34. The van der Waals surface area contributed by atoms with Gasteiger partial charge in [0.05, 0.1) is 0 Å². The number of hydrogen-bond donors (Lipinski definition) is 2. The van der Waals surface area contributed by atoms with Gasteiger partial charge < -0.3 is 9.59 Å². The highest BCUT2D eigenvalue weighted by Gasteiger charge is 2.26. The average Bonchev–Trinajstić information content (AvgIpc) is 2.46. The monoisotopic (exact) mass is 344 g/mol. The lowest BCUT2D eigenvalue weighted by Gasteiger charge is -2.28. The molecule has 4 heteroatoms. The lowest BCUT2D eigenvalue weighted by Crippen LogP contribution is -2.41. The second-order valence-electron chi connectivity index (χ2n) is 7.90. The van der Waals surface area contributed by atoms with Crippen LogP contribution < -0.4 is 10.4 Å². The minimum absolute atomic E-state index is 0.112. The molecule has 0 unspecified atom stereocenters. The fraction of sp³-hybridized carbons (Fsp3) is 0.368. The van der Waals surface area contributed by atoms with Crippen LogP contribution in [0.5, 0.6) is 0 Å². The summed E-state index contributed by atoms with van der Waals surface area (Å²) in [5.41, 5.74) is 2.35. The molecule has 0 aliphatic heterocycles. The van der Waals surface area contributed by atoms with Crippen molar-refractivity contribution in [1.82, 2.24) is 0 Å². The third-order valence-electron chi connectivity index (χ3n) is 4.63. The molecule has 124 valence electrons. The predicted octanol–water partition coefficient (Wildman–Crippen LogP) is 2.82. The van der Waals surface area contributed by atoms with Crippen LogP contribution in [0.3, 0.4) is 0 Å². The predicted molar refractivity (Wildman–Crippen MR) is 104 cm³/mol. The number of benzene rings is 2. The summed E-state index contributed by atoms with van der Waals surface area (Å²) in [4.78, 5) is 20.5. The first-order valence-corrected chi connectivity index (χ1v) is 14.0. The van der Waals surface area contributed by atoms with Gasteiger partial charge in [0.2, 0.25) is 16.6 Å². The van der Waals surface area contributed by atoms with Gasteiger partial charge in [-0.15, -0.1) is 0 Å². The van der Waals surface area contributed by atoms with Gasteiger partial charge in [-0.3, -0.25) is 0 Å². The van der Waals surface area contributed by atoms with Crippen LogP contribution in [0.25, 0.3) is 0 Å². The normalized spacial score (nSPS) is 13.2. The summed E-state index contributed by atoms with van der Waals surface area (Å²) >= 11 is 0. The van der Waals surface area contributed by atoms with E-state index in [4.69, 9.17) is 0 Å². The van der Waals surface area contributed by atoms with Gasteiger partial charge in [0.15, 0.2) is 0 Å². The molecule has 0 fully saturated rings. The van der Waals surface area contributed by atoms with Crippen molar-refractivity contribution >= 4 is 27.0 Å². The summed E-state index contributed by atoms with van der Waals surface area (Å²) in [6.07, 6.45) is 0. The fourth-order valence-corrected chi connectivity index (χ4v) is 4.72. The van der Waals surface area contributed by atoms with Crippen molar-refractivity contribution < 1.29 is 9.59 Å². The van der Waals surface area contributed by atoms with Gasteiger partial charge in [-0.25, -0.2) is 0 Å². The largest absolute Gasteiger partial charge is 0.428 e. The van der Waals surface area contributed by atoms with Crippen LogP contribution in [0.2, 0.25) is 26.2 Å². The van der Waals surface area contributed by atoms with E-state index in [0.717, 1.165) is 10.4 Å². The van der Waals surface area contributed by atoms with Crippen LogP contribution in [0.4, 0.5) is 0 Å². The maximum Gasteiger partial charge on any atom is 0.213 e. The Morgan fingerprint density at radius 1 is 0.609 bits per heavy atom. The molecule has 0 saturated heterocycles. The van der Waals surface area contributed by atoms with Gasteiger partial charge in [0.1, 0.15) is 0 Å². The van der Waals surface area contributed by atoms with Gasteiger partial charge in [-0.2, -0.15) is 0 Å². The molecule has 23 heavy (non-hydrogen) atoms. The maximum absolute atomic E-state index is 10.2. The molecule has 2 rings (SSSR count). The van der Waals surface area contributed by atoms with Gasteiger partial charge >= 0.3 is 0 Å². The van der Waals surface area contributed by atoms with Crippen LogP contribution >= 0.6 is 0 Å². The summed E-state index contributed by atoms with van der Waals surface area (Å²) in [6.45, 7) is 12.2. The Morgan fingerprint density at radius 3 is 1.09 bits per heavy atom. The Kier molecular flexibility index (Phi) is 4.75. The van der Waals surface area contributed by atoms with Crippen LogP contribution in [0, 0.1) is 0 Å². The maximum atomic E-state index is 10.2. The van der Waals surface area contributed by atoms with E-state index in [1.807, 2.05) is 26.2 Å². The van der Waals surface area contributed by atoms with Crippen LogP contribution in [0.1, 0.15) is 25.0 Å². The van der Waals surface area contributed by atoms with Crippen LogP contribution in [-0.4, -0.2) is 26.2 Å². The standard InChI is InChI=1S/C19H28O2Si2/c1-19(2,15-7-11-17(12-8-15)22(3,4)20)16-9-13-18(14-10-16)23(5,6)21/h7-14,20-21H,1-6H3. The highest BCUT2D eigenvalue weighted by molar-refractivity contribution is 6.83. The van der Waals surface area contributed by atoms with Crippen molar-refractivity contribution in [3.05, 3.63) is 59.7 Å². The lowest BCUT2D eigenvalue weighted by molar-refractivity contribution is 0.567. The number of rotatable bonds is 4. The van der Waals surface area contributed by atoms with E-state index in [-0.39, 0.29) is 5.41 Å². The zero-order valence-electron chi connectivity index (χ0n) is 15.0. The average molecular weight is 345 g/mol. The van der Waals surface area contributed by atoms with Crippen molar-refractivity contribution in [2.75, 3.05) is 0 Å². The molecule has 2 nitrogen and oxygen atoms in total. The minimum atomic E-state index is -2.25. The van der Waals surface area contributed by atoms with E-state index >= 15 is 0 Å². The van der Waals surface area contributed by atoms with Crippen molar-refractivity contribution in [3.8, 4) is 0 Å². The van der Waals surface area contributed by atoms with Gasteiger partial charge in [0, 0.05) is 5.41 Å². The second kappa shape index (κ2) is 6.02. The Labute approximate surface area is 142 Å². The molecule has 0 aliphatic carbocycles. The SMILES string of the molecule is CC(C)(c1ccc([Si](C)(C)O)cc1)c1ccc([Si](C)(C)O)cc1. The fourth-order valence-electron chi connectivity index (χ4n) is 2.76. The van der Waals surface area contributed by atoms with Crippen molar-refractivity contribution in [2.45, 2.75) is 45.5 Å². The Hall–Kier alpha value is -1.21. The summed E-state index contributed by atoms with van der Waals surface area (Å²) in [5, 5.41) is 2.11. The molecule has 2 N–H and O–H groups in total. The summed E-state index contributed by atoms with van der Waals surface area (Å²) in [6, 6.07) is 16.7. The topological polar surface area (TPSA) is 40.5 Å². The molecule has 0 aromatic heterocycles. The zero-order chi connectivity index (χ0) is 17.5. The van der Waals surface area contributed by atoms with Crippen LogP contribution in [0.15, 0.2) is 48.5 Å². The highest BCUT2D eigenvalue weighted by atomic mass is 28.4. The van der Waals surface area contributed by atoms with Crippen molar-refractivity contribution in [2.24, 2.45) is 0 Å². The third kappa shape index (κ3) is 4.01. The van der Waals surface area contributed by atoms with Gasteiger partial charge in [0.25, 0.3) is 0 Å². The summed E-state index contributed by atoms with van der Waals surface area (Å²) < 4.78 is 0. The molecule has 0 saturated carbocycles. The molecule has 2 aromatic rings. The van der Waals surface area contributed by atoms with E-state index in [1.165, 1.54) is 11.1 Å². The van der Waals surface area contributed by atoms with E-state index < -0.39 is 16.6 Å². The second-order valence-corrected chi connectivity index (χ2v) is 15.3. The first kappa shape index (κ1) is 18.1. The minimum Gasteiger partial charge on any atom is -0.428 e.